The molecule has 0 aliphatic carbocycles. The summed E-state index contributed by atoms with van der Waals surface area (Å²) >= 11 is 1.24. The van der Waals surface area contributed by atoms with Crippen LogP contribution in [0, 0.1) is 0 Å². The van der Waals surface area contributed by atoms with Crippen molar-refractivity contribution in [3.8, 4) is 0 Å². The summed E-state index contributed by atoms with van der Waals surface area (Å²) < 4.78 is 9.93. The normalized spacial score (nSPS) is 10.6. The smallest absolute Gasteiger partial charge is 0.267 e. The third-order valence-corrected chi connectivity index (χ3v) is 3.79. The minimum absolute atomic E-state index is 0.161. The lowest BCUT2D eigenvalue weighted by Crippen LogP contribution is -2.25. The monoisotopic (exact) mass is 310 g/mol. The third-order valence-electron chi connectivity index (χ3n) is 2.78. The Balaban J connectivity index is 2.01. The number of thiazole rings is 1. The molecule has 0 radical (unpaired) electrons. The number of hydrogen-bond acceptors (Lipinski definition) is 7. The van der Waals surface area contributed by atoms with Crippen molar-refractivity contribution in [2.45, 2.75) is 6.54 Å². The van der Waals surface area contributed by atoms with Crippen LogP contribution in [-0.2, 0) is 11.3 Å². The highest BCUT2D eigenvalue weighted by molar-refractivity contribution is 7.18. The molecule has 3 N–H and O–H groups in total. The van der Waals surface area contributed by atoms with Crippen LogP contribution >= 0.6 is 11.3 Å². The van der Waals surface area contributed by atoms with Gasteiger partial charge in [0.25, 0.3) is 5.91 Å². The van der Waals surface area contributed by atoms with E-state index in [0.29, 0.717) is 29.7 Å². The van der Waals surface area contributed by atoms with Gasteiger partial charge in [-0.25, -0.2) is 4.98 Å². The third kappa shape index (κ3) is 3.96. The summed E-state index contributed by atoms with van der Waals surface area (Å²) in [6.45, 7) is 1.63. The molecule has 1 amide bonds. The van der Waals surface area contributed by atoms with Gasteiger partial charge in [-0.2, -0.15) is 0 Å². The van der Waals surface area contributed by atoms with E-state index in [2.05, 4.69) is 10.3 Å². The molecule has 0 aliphatic heterocycles. The molecule has 114 valence electrons. The fourth-order valence-corrected chi connectivity index (χ4v) is 2.63. The number of hydrogen-bond donors (Lipinski definition) is 2. The number of nitrogens with two attached hydrogens (primary N) is 1. The standard InChI is InChI=1S/C13H18N4O3S/c1-17(7-9-3-5-20-8-9)12(18)10-11(14)16-13(21-10)15-4-6-19-2/h3,5,8H,4,6-7,14H2,1-2H3,(H,15,16). The zero-order valence-corrected chi connectivity index (χ0v) is 12.8. The van der Waals surface area contributed by atoms with Crippen molar-refractivity contribution < 1.29 is 13.9 Å². The van der Waals surface area contributed by atoms with Crippen LogP contribution in [0.1, 0.15) is 15.2 Å². The van der Waals surface area contributed by atoms with Gasteiger partial charge in [0.05, 0.1) is 19.1 Å². The molecule has 0 fully saturated rings. The first-order valence-electron chi connectivity index (χ1n) is 6.37. The summed E-state index contributed by atoms with van der Waals surface area (Å²) in [5.41, 5.74) is 6.74. The van der Waals surface area contributed by atoms with E-state index in [9.17, 15) is 4.79 Å². The number of furan rings is 1. The van der Waals surface area contributed by atoms with Gasteiger partial charge in [0.15, 0.2) is 5.13 Å². The number of aromatic nitrogens is 1. The molecule has 0 aromatic carbocycles. The maximum Gasteiger partial charge on any atom is 0.267 e. The van der Waals surface area contributed by atoms with E-state index in [1.807, 2.05) is 6.07 Å². The second-order valence-corrected chi connectivity index (χ2v) is 5.44. The first-order chi connectivity index (χ1) is 10.1. The zero-order chi connectivity index (χ0) is 15.2. The maximum absolute atomic E-state index is 12.4. The van der Waals surface area contributed by atoms with Crippen LogP contribution in [0.25, 0.3) is 0 Å². The molecule has 0 aliphatic rings. The lowest BCUT2D eigenvalue weighted by Gasteiger charge is -2.14. The van der Waals surface area contributed by atoms with Crippen LogP contribution < -0.4 is 11.1 Å². The average Bonchev–Trinajstić information content (AvgIpc) is 3.08. The Morgan fingerprint density at radius 1 is 1.62 bits per heavy atom. The number of nitrogen functional groups attached to an aromatic ring is 1. The molecule has 0 saturated heterocycles. The summed E-state index contributed by atoms with van der Waals surface area (Å²) in [7, 11) is 3.34. The summed E-state index contributed by atoms with van der Waals surface area (Å²) in [4.78, 5) is 18.5. The highest BCUT2D eigenvalue weighted by Crippen LogP contribution is 2.26. The number of nitrogens with zero attached hydrogens (tertiary/aromatic N) is 2. The molecule has 0 atom stereocenters. The molecular weight excluding hydrogens is 292 g/mol. The van der Waals surface area contributed by atoms with Crippen molar-refractivity contribution in [3.63, 3.8) is 0 Å². The van der Waals surface area contributed by atoms with Gasteiger partial charge in [0, 0.05) is 32.8 Å². The van der Waals surface area contributed by atoms with E-state index >= 15 is 0 Å². The lowest BCUT2D eigenvalue weighted by atomic mass is 10.3. The van der Waals surface area contributed by atoms with E-state index in [0.717, 1.165) is 5.56 Å². The van der Waals surface area contributed by atoms with Gasteiger partial charge in [-0.15, -0.1) is 0 Å². The van der Waals surface area contributed by atoms with Gasteiger partial charge in [0.1, 0.15) is 10.7 Å². The summed E-state index contributed by atoms with van der Waals surface area (Å²) in [6.07, 6.45) is 3.18. The van der Waals surface area contributed by atoms with Crippen molar-refractivity contribution in [1.29, 1.82) is 0 Å². The number of anilines is 2. The largest absolute Gasteiger partial charge is 0.472 e. The number of amides is 1. The Hall–Kier alpha value is -2.06. The zero-order valence-electron chi connectivity index (χ0n) is 12.0. The minimum Gasteiger partial charge on any atom is -0.472 e. The van der Waals surface area contributed by atoms with Crippen molar-refractivity contribution in [1.82, 2.24) is 9.88 Å². The van der Waals surface area contributed by atoms with Gasteiger partial charge in [-0.05, 0) is 6.07 Å². The molecule has 2 heterocycles. The van der Waals surface area contributed by atoms with Gasteiger partial charge in [0.2, 0.25) is 0 Å². The van der Waals surface area contributed by atoms with Crippen LogP contribution in [-0.4, -0.2) is 43.1 Å². The van der Waals surface area contributed by atoms with Crippen molar-refractivity contribution in [3.05, 3.63) is 29.0 Å². The van der Waals surface area contributed by atoms with E-state index in [1.54, 1.807) is 31.6 Å². The number of ether oxygens (including phenoxy) is 1. The predicted molar refractivity (Wildman–Crippen MR) is 81.4 cm³/mol. The van der Waals surface area contributed by atoms with E-state index in [4.69, 9.17) is 14.9 Å². The predicted octanol–water partition coefficient (Wildman–Crippen LogP) is 1.65. The molecule has 2 aromatic heterocycles. The summed E-state index contributed by atoms with van der Waals surface area (Å²) in [6, 6.07) is 1.82. The highest BCUT2D eigenvalue weighted by atomic mass is 32.1. The Bertz CT molecular complexity index is 582. The quantitative estimate of drug-likeness (QED) is 0.755. The van der Waals surface area contributed by atoms with Gasteiger partial charge < -0.3 is 25.1 Å². The fraction of sp³-hybridized carbons (Fsp3) is 0.385. The Labute approximate surface area is 126 Å². The van der Waals surface area contributed by atoms with Crippen molar-refractivity contribution in [2.24, 2.45) is 0 Å². The molecule has 21 heavy (non-hydrogen) atoms. The fourth-order valence-electron chi connectivity index (χ4n) is 1.72. The summed E-state index contributed by atoms with van der Waals surface area (Å²) in [5.74, 6) is 0.0787. The van der Waals surface area contributed by atoms with E-state index in [1.165, 1.54) is 11.3 Å². The molecule has 7 nitrogen and oxygen atoms in total. The Kier molecular flexibility index (Phi) is 5.18. The number of carbonyl (C=O) groups is 1. The van der Waals surface area contributed by atoms with Crippen LogP contribution in [0.5, 0.6) is 0 Å². The van der Waals surface area contributed by atoms with E-state index in [-0.39, 0.29) is 11.7 Å². The van der Waals surface area contributed by atoms with E-state index < -0.39 is 0 Å². The number of nitrogens with one attached hydrogen (secondary N) is 1. The molecule has 2 aromatic rings. The minimum atomic E-state index is -0.161. The van der Waals surface area contributed by atoms with Crippen LogP contribution in [0.15, 0.2) is 23.0 Å². The Morgan fingerprint density at radius 2 is 2.43 bits per heavy atom. The topological polar surface area (TPSA) is 93.6 Å². The van der Waals surface area contributed by atoms with Gasteiger partial charge in [-0.3, -0.25) is 4.79 Å². The number of methoxy groups -OCH3 is 1. The molecule has 2 rings (SSSR count). The van der Waals surface area contributed by atoms with Crippen LogP contribution in [0.4, 0.5) is 10.9 Å². The first kappa shape index (κ1) is 15.3. The molecule has 0 bridgehead atoms. The molecule has 8 heteroatoms. The SMILES string of the molecule is COCCNc1nc(N)c(C(=O)N(C)Cc2ccoc2)s1. The highest BCUT2D eigenvalue weighted by Gasteiger charge is 2.20. The van der Waals surface area contributed by atoms with Gasteiger partial charge in [-0.1, -0.05) is 11.3 Å². The lowest BCUT2D eigenvalue weighted by molar-refractivity contribution is 0.0790. The van der Waals surface area contributed by atoms with Crippen molar-refractivity contribution >= 4 is 28.2 Å². The summed E-state index contributed by atoms with van der Waals surface area (Å²) in [5, 5.41) is 3.68. The average molecular weight is 310 g/mol. The van der Waals surface area contributed by atoms with Crippen molar-refractivity contribution in [2.75, 3.05) is 38.4 Å². The number of rotatable bonds is 7. The molecular formula is C13H18N4O3S. The second-order valence-electron chi connectivity index (χ2n) is 4.45. The first-order valence-corrected chi connectivity index (χ1v) is 7.19. The van der Waals surface area contributed by atoms with Crippen LogP contribution in [0.2, 0.25) is 0 Å². The van der Waals surface area contributed by atoms with Crippen LogP contribution in [0.3, 0.4) is 0 Å². The molecule has 0 unspecified atom stereocenters. The maximum atomic E-state index is 12.4. The molecule has 0 spiro atoms. The molecule has 0 saturated carbocycles. The second kappa shape index (κ2) is 7.09. The number of carbonyl (C=O) groups excluding carboxylic acids is 1. The Morgan fingerprint density at radius 3 is 3.10 bits per heavy atom. The van der Waals surface area contributed by atoms with Gasteiger partial charge >= 0.3 is 0 Å².